The van der Waals surface area contributed by atoms with Gasteiger partial charge in [-0.25, -0.2) is 0 Å². The maximum atomic E-state index is 7.83. The van der Waals surface area contributed by atoms with Gasteiger partial charge in [0.25, 0.3) is 0 Å². The van der Waals surface area contributed by atoms with E-state index in [4.69, 9.17) is 4.11 Å². The highest BCUT2D eigenvalue weighted by Crippen LogP contribution is 2.19. The molecule has 0 heteroatoms. The summed E-state index contributed by atoms with van der Waals surface area (Å²) in [5, 5.41) is 0. The smallest absolute Gasteiger partial charge is 0.0590 e. The zero-order valence-electron chi connectivity index (χ0n) is 10.6. The van der Waals surface area contributed by atoms with Crippen LogP contribution in [0, 0.1) is 13.8 Å². The standard InChI is InChI=1S/C11H16/c1-8(2)11-6-5-9(3)7-10(11)4/h5-8H,1-4H3/i5D,6D,7D. The molecular formula is C11H16. The lowest BCUT2D eigenvalue weighted by atomic mass is 9.97. The highest BCUT2D eigenvalue weighted by Gasteiger charge is 2.01. The second-order valence-electron chi connectivity index (χ2n) is 3.19. The van der Waals surface area contributed by atoms with Crippen LogP contribution in [-0.2, 0) is 0 Å². The summed E-state index contributed by atoms with van der Waals surface area (Å²) in [4.78, 5) is 0. The van der Waals surface area contributed by atoms with Crippen LogP contribution in [0.5, 0.6) is 0 Å². The van der Waals surface area contributed by atoms with E-state index in [1.54, 1.807) is 6.92 Å². The van der Waals surface area contributed by atoms with Crippen molar-refractivity contribution in [3.63, 3.8) is 0 Å². The van der Waals surface area contributed by atoms with Crippen molar-refractivity contribution in [2.45, 2.75) is 33.6 Å². The van der Waals surface area contributed by atoms with Gasteiger partial charge in [-0.3, -0.25) is 0 Å². The van der Waals surface area contributed by atoms with Crippen LogP contribution in [0.4, 0.5) is 0 Å². The lowest BCUT2D eigenvalue weighted by molar-refractivity contribution is 0.855. The van der Waals surface area contributed by atoms with Gasteiger partial charge in [0.05, 0.1) is 4.11 Å². The minimum Gasteiger partial charge on any atom is -0.0590 e. The van der Waals surface area contributed by atoms with Gasteiger partial charge < -0.3 is 0 Å². The maximum absolute atomic E-state index is 7.83. The second kappa shape index (κ2) is 3.08. The minimum atomic E-state index is 0.198. The minimum absolute atomic E-state index is 0.198. The molecule has 0 saturated carbocycles. The molecule has 0 aliphatic rings. The van der Waals surface area contributed by atoms with Gasteiger partial charge in [0, 0.05) is 0 Å². The van der Waals surface area contributed by atoms with Crippen LogP contribution in [0.2, 0.25) is 0 Å². The fourth-order valence-corrected chi connectivity index (χ4v) is 1.21. The second-order valence-corrected chi connectivity index (χ2v) is 3.19. The summed E-state index contributed by atoms with van der Waals surface area (Å²) >= 11 is 0. The van der Waals surface area contributed by atoms with Gasteiger partial charge in [0.1, 0.15) is 0 Å². The largest absolute Gasteiger partial charge is 0.0628 e. The fraction of sp³-hybridized carbons (Fsp3) is 0.455. The third-order valence-electron chi connectivity index (χ3n) is 1.74. The molecule has 0 N–H and O–H groups in total. The zero-order chi connectivity index (χ0) is 11.0. The molecule has 0 unspecified atom stereocenters. The Hall–Kier alpha value is -0.780. The molecule has 1 aromatic carbocycles. The van der Waals surface area contributed by atoms with E-state index in [9.17, 15) is 0 Å². The van der Waals surface area contributed by atoms with Crippen LogP contribution in [0.15, 0.2) is 18.1 Å². The highest BCUT2D eigenvalue weighted by atomic mass is 14.1. The SMILES string of the molecule is [2H]c1c([2H])c(C(C)C)c(C)c([2H])c1C. The molecular weight excluding hydrogens is 132 g/mol. The summed E-state index contributed by atoms with van der Waals surface area (Å²) in [6, 6.07) is 0.894. The molecule has 0 spiro atoms. The van der Waals surface area contributed by atoms with Gasteiger partial charge in [-0.15, -0.1) is 0 Å². The Bertz CT molecular complexity index is 338. The van der Waals surface area contributed by atoms with Crippen LogP contribution in [0.3, 0.4) is 0 Å². The molecule has 0 nitrogen and oxygen atoms in total. The first-order valence-electron chi connectivity index (χ1n) is 5.44. The topological polar surface area (TPSA) is 0 Å². The average Bonchev–Trinajstić information content (AvgIpc) is 2.11. The highest BCUT2D eigenvalue weighted by molar-refractivity contribution is 5.32. The van der Waals surface area contributed by atoms with Crippen molar-refractivity contribution in [2.24, 2.45) is 0 Å². The van der Waals surface area contributed by atoms with E-state index in [1.165, 1.54) is 0 Å². The number of rotatable bonds is 1. The average molecular weight is 151 g/mol. The Morgan fingerprint density at radius 3 is 2.45 bits per heavy atom. The summed E-state index contributed by atoms with van der Waals surface area (Å²) in [7, 11) is 0. The normalized spacial score (nSPS) is 14.5. The molecule has 0 bridgehead atoms. The van der Waals surface area contributed by atoms with Gasteiger partial charge in [-0.05, 0) is 30.9 Å². The van der Waals surface area contributed by atoms with Crippen molar-refractivity contribution >= 4 is 0 Å². The molecule has 0 aromatic heterocycles. The van der Waals surface area contributed by atoms with Crippen molar-refractivity contribution in [3.05, 3.63) is 34.8 Å². The molecule has 0 fully saturated rings. The molecule has 0 saturated heterocycles. The van der Waals surface area contributed by atoms with Gasteiger partial charge in [0.15, 0.2) is 0 Å². The Kier molecular flexibility index (Phi) is 1.39. The first kappa shape index (κ1) is 4.97. The maximum Gasteiger partial charge on any atom is 0.0628 e. The number of hydrogen-bond acceptors (Lipinski definition) is 0. The summed E-state index contributed by atoms with van der Waals surface area (Å²) in [5.41, 5.74) is 2.29. The lowest BCUT2D eigenvalue weighted by Crippen LogP contribution is -1.91. The summed E-state index contributed by atoms with van der Waals surface area (Å²) in [6.07, 6.45) is 0. The summed E-state index contributed by atoms with van der Waals surface area (Å²) in [6.45, 7) is 7.59. The molecule has 1 rings (SSSR count). The third-order valence-corrected chi connectivity index (χ3v) is 1.74. The predicted molar refractivity (Wildman–Crippen MR) is 50.0 cm³/mol. The Balaban J connectivity index is 3.60. The molecule has 0 atom stereocenters. The molecule has 11 heavy (non-hydrogen) atoms. The monoisotopic (exact) mass is 151 g/mol. The number of hydrogen-bond donors (Lipinski definition) is 0. The number of benzene rings is 1. The van der Waals surface area contributed by atoms with Gasteiger partial charge in [-0.2, -0.15) is 0 Å². The van der Waals surface area contributed by atoms with Gasteiger partial charge in [-0.1, -0.05) is 37.5 Å². The van der Waals surface area contributed by atoms with Gasteiger partial charge in [0.2, 0.25) is 0 Å². The van der Waals surface area contributed by atoms with E-state index >= 15 is 0 Å². The Morgan fingerprint density at radius 2 is 1.91 bits per heavy atom. The summed E-state index contributed by atoms with van der Waals surface area (Å²) < 4.78 is 23.4. The van der Waals surface area contributed by atoms with Crippen molar-refractivity contribution in [1.29, 1.82) is 0 Å². The van der Waals surface area contributed by atoms with Crippen molar-refractivity contribution in [2.75, 3.05) is 0 Å². The van der Waals surface area contributed by atoms with E-state index < -0.39 is 0 Å². The van der Waals surface area contributed by atoms with E-state index in [-0.39, 0.29) is 18.0 Å². The van der Waals surface area contributed by atoms with Crippen LogP contribution in [0.25, 0.3) is 0 Å². The lowest BCUT2D eigenvalue weighted by Gasteiger charge is -2.09. The molecule has 0 aliphatic heterocycles. The predicted octanol–water partition coefficient (Wildman–Crippen LogP) is 3.43. The fourth-order valence-electron chi connectivity index (χ4n) is 1.21. The molecule has 0 aliphatic carbocycles. The summed E-state index contributed by atoms with van der Waals surface area (Å²) in [5.74, 6) is 0.205. The first-order chi connectivity index (χ1) is 6.37. The van der Waals surface area contributed by atoms with Crippen LogP contribution >= 0.6 is 0 Å². The third kappa shape index (κ3) is 1.83. The van der Waals surface area contributed by atoms with Gasteiger partial charge >= 0.3 is 0 Å². The zero-order valence-corrected chi connectivity index (χ0v) is 7.58. The van der Waals surface area contributed by atoms with E-state index in [0.29, 0.717) is 11.6 Å². The van der Waals surface area contributed by atoms with Crippen molar-refractivity contribution in [1.82, 2.24) is 0 Å². The van der Waals surface area contributed by atoms with E-state index in [2.05, 4.69) is 0 Å². The van der Waals surface area contributed by atoms with Crippen LogP contribution in [0.1, 0.15) is 40.6 Å². The van der Waals surface area contributed by atoms with E-state index in [0.717, 1.165) is 11.1 Å². The quantitative estimate of drug-likeness (QED) is 0.577. The molecule has 1 aromatic rings. The van der Waals surface area contributed by atoms with Crippen molar-refractivity contribution < 1.29 is 4.11 Å². The first-order valence-corrected chi connectivity index (χ1v) is 3.94. The molecule has 0 heterocycles. The molecule has 0 amide bonds. The van der Waals surface area contributed by atoms with E-state index in [1.807, 2.05) is 20.8 Å². The van der Waals surface area contributed by atoms with Crippen LogP contribution in [-0.4, -0.2) is 0 Å². The van der Waals surface area contributed by atoms with Crippen LogP contribution < -0.4 is 0 Å². The van der Waals surface area contributed by atoms with Crippen molar-refractivity contribution in [3.8, 4) is 0 Å². The molecule has 0 radical (unpaired) electrons. The Morgan fingerprint density at radius 1 is 1.27 bits per heavy atom. The molecule has 60 valence electrons. The Labute approximate surface area is 73.5 Å².